The second kappa shape index (κ2) is 11.6. The van der Waals surface area contributed by atoms with Crippen molar-refractivity contribution < 1.29 is 9.59 Å². The topological polar surface area (TPSA) is 74.3 Å². The van der Waals surface area contributed by atoms with Crippen LogP contribution in [-0.4, -0.2) is 48.0 Å². The standard InChI is InChI=1S/C24H32N4O2S2/c29-22(25-13-9-20-7-4-16-31-20)21-17-32-23(27-21)19-10-14-28(15-11-19)24(30)26-12-8-18-5-2-1-3-6-18/h4-5,7,16-17,19H,1-3,6,8-15H2,(H,25,29)(H,26,30). The average Bonchev–Trinajstić information content (AvgIpc) is 3.52. The fourth-order valence-corrected chi connectivity index (χ4v) is 6.01. The largest absolute Gasteiger partial charge is 0.350 e. The van der Waals surface area contributed by atoms with E-state index in [-0.39, 0.29) is 11.9 Å². The van der Waals surface area contributed by atoms with E-state index in [2.05, 4.69) is 27.8 Å². The van der Waals surface area contributed by atoms with Crippen LogP contribution in [0, 0.1) is 0 Å². The summed E-state index contributed by atoms with van der Waals surface area (Å²) in [6, 6.07) is 4.15. The predicted octanol–water partition coefficient (Wildman–Crippen LogP) is 4.96. The zero-order chi connectivity index (χ0) is 22.2. The van der Waals surface area contributed by atoms with Crippen LogP contribution in [0.5, 0.6) is 0 Å². The molecule has 2 aromatic heterocycles. The van der Waals surface area contributed by atoms with Crippen LogP contribution < -0.4 is 10.6 Å². The van der Waals surface area contributed by atoms with E-state index < -0.39 is 0 Å². The fourth-order valence-electron chi connectivity index (χ4n) is 4.33. The minimum atomic E-state index is -0.103. The molecule has 2 N–H and O–H groups in total. The van der Waals surface area contributed by atoms with E-state index in [0.717, 1.165) is 50.3 Å². The molecule has 0 atom stereocenters. The van der Waals surface area contributed by atoms with Gasteiger partial charge in [-0.2, -0.15) is 0 Å². The molecule has 3 amide bonds. The first-order chi connectivity index (χ1) is 15.7. The van der Waals surface area contributed by atoms with Crippen molar-refractivity contribution in [3.05, 3.63) is 50.1 Å². The molecule has 2 aliphatic rings. The number of amides is 3. The predicted molar refractivity (Wildman–Crippen MR) is 131 cm³/mol. The molecule has 0 spiro atoms. The van der Waals surface area contributed by atoms with Gasteiger partial charge in [0, 0.05) is 42.4 Å². The molecular weight excluding hydrogens is 440 g/mol. The van der Waals surface area contributed by atoms with Crippen molar-refractivity contribution in [2.75, 3.05) is 26.2 Å². The zero-order valence-electron chi connectivity index (χ0n) is 18.5. The van der Waals surface area contributed by atoms with Crippen molar-refractivity contribution >= 4 is 34.6 Å². The number of hydrogen-bond donors (Lipinski definition) is 2. The molecule has 0 bridgehead atoms. The Morgan fingerprint density at radius 3 is 2.69 bits per heavy atom. The van der Waals surface area contributed by atoms with Gasteiger partial charge in [-0.05, 0) is 62.8 Å². The molecule has 0 radical (unpaired) electrons. The number of allylic oxidation sites excluding steroid dienone is 1. The molecule has 1 fully saturated rings. The summed E-state index contributed by atoms with van der Waals surface area (Å²) in [7, 11) is 0. The number of nitrogens with one attached hydrogen (secondary N) is 2. The van der Waals surface area contributed by atoms with Crippen LogP contribution >= 0.6 is 22.7 Å². The lowest BCUT2D eigenvalue weighted by Crippen LogP contribution is -2.44. The quantitative estimate of drug-likeness (QED) is 0.534. The summed E-state index contributed by atoms with van der Waals surface area (Å²) in [6.07, 6.45) is 10.9. The number of nitrogens with zero attached hydrogens (tertiary/aromatic N) is 2. The highest BCUT2D eigenvalue weighted by Crippen LogP contribution is 2.30. The Hall–Kier alpha value is -2.19. The van der Waals surface area contributed by atoms with Gasteiger partial charge in [-0.3, -0.25) is 4.79 Å². The third-order valence-corrected chi connectivity index (χ3v) is 8.17. The van der Waals surface area contributed by atoms with Gasteiger partial charge in [0.15, 0.2) is 0 Å². The fraction of sp³-hybridized carbons (Fsp3) is 0.542. The first-order valence-corrected chi connectivity index (χ1v) is 13.4. The molecule has 32 heavy (non-hydrogen) atoms. The van der Waals surface area contributed by atoms with Gasteiger partial charge in [0.05, 0.1) is 5.01 Å². The maximum atomic E-state index is 12.5. The van der Waals surface area contributed by atoms with E-state index >= 15 is 0 Å². The maximum Gasteiger partial charge on any atom is 0.317 e. The Morgan fingerprint density at radius 2 is 1.94 bits per heavy atom. The lowest BCUT2D eigenvalue weighted by atomic mass is 9.97. The highest BCUT2D eigenvalue weighted by atomic mass is 32.1. The third kappa shape index (κ3) is 6.42. The van der Waals surface area contributed by atoms with Gasteiger partial charge in [0.25, 0.3) is 5.91 Å². The van der Waals surface area contributed by atoms with E-state index in [1.54, 1.807) is 22.7 Å². The minimum absolute atomic E-state index is 0.0461. The van der Waals surface area contributed by atoms with Gasteiger partial charge in [-0.25, -0.2) is 9.78 Å². The van der Waals surface area contributed by atoms with Crippen LogP contribution in [-0.2, 0) is 6.42 Å². The summed E-state index contributed by atoms with van der Waals surface area (Å²) in [5.74, 6) is 0.220. The SMILES string of the molecule is O=C(NCCc1cccs1)c1csc(C2CCN(C(=O)NCCC3=CCCCC3)CC2)n1. The van der Waals surface area contributed by atoms with Crippen molar-refractivity contribution in [1.29, 1.82) is 0 Å². The Labute approximate surface area is 198 Å². The monoisotopic (exact) mass is 472 g/mol. The Balaban J connectivity index is 1.17. The molecule has 4 rings (SSSR count). The Kier molecular flexibility index (Phi) is 8.34. The van der Waals surface area contributed by atoms with Gasteiger partial charge in [-0.1, -0.05) is 17.7 Å². The number of thiophene rings is 1. The van der Waals surface area contributed by atoms with Crippen LogP contribution in [0.1, 0.15) is 71.2 Å². The molecule has 0 saturated carbocycles. The van der Waals surface area contributed by atoms with Crippen molar-refractivity contribution in [3.63, 3.8) is 0 Å². The molecule has 2 aromatic rings. The zero-order valence-corrected chi connectivity index (χ0v) is 20.1. The second-order valence-corrected chi connectivity index (χ2v) is 10.4. The molecule has 1 aliphatic heterocycles. The van der Waals surface area contributed by atoms with E-state index in [0.29, 0.717) is 18.2 Å². The minimum Gasteiger partial charge on any atom is -0.350 e. The van der Waals surface area contributed by atoms with Crippen molar-refractivity contribution in [2.45, 2.75) is 57.3 Å². The second-order valence-electron chi connectivity index (χ2n) is 8.51. The number of likely N-dealkylation sites (tertiary alicyclic amines) is 1. The van der Waals surface area contributed by atoms with Crippen molar-refractivity contribution in [2.24, 2.45) is 0 Å². The summed E-state index contributed by atoms with van der Waals surface area (Å²) >= 11 is 3.27. The summed E-state index contributed by atoms with van der Waals surface area (Å²) in [5, 5.41) is 11.0. The number of thiazole rings is 1. The number of carbonyl (C=O) groups excluding carboxylic acids is 2. The van der Waals surface area contributed by atoms with Crippen LogP contribution in [0.2, 0.25) is 0 Å². The van der Waals surface area contributed by atoms with Gasteiger partial charge >= 0.3 is 6.03 Å². The number of carbonyl (C=O) groups is 2. The van der Waals surface area contributed by atoms with E-state index in [1.165, 1.54) is 36.1 Å². The average molecular weight is 473 g/mol. The molecule has 0 aromatic carbocycles. The van der Waals surface area contributed by atoms with Crippen LogP contribution in [0.4, 0.5) is 4.79 Å². The van der Waals surface area contributed by atoms with Gasteiger partial charge in [0.2, 0.25) is 0 Å². The molecule has 1 aliphatic carbocycles. The summed E-state index contributed by atoms with van der Waals surface area (Å²) < 4.78 is 0. The number of hydrogen-bond acceptors (Lipinski definition) is 5. The van der Waals surface area contributed by atoms with E-state index in [4.69, 9.17) is 0 Å². The van der Waals surface area contributed by atoms with Gasteiger partial charge in [0.1, 0.15) is 5.69 Å². The number of urea groups is 1. The van der Waals surface area contributed by atoms with Crippen LogP contribution in [0.3, 0.4) is 0 Å². The molecule has 0 unspecified atom stereocenters. The lowest BCUT2D eigenvalue weighted by Gasteiger charge is -2.31. The molecule has 3 heterocycles. The normalized spacial score (nSPS) is 17.1. The van der Waals surface area contributed by atoms with Crippen LogP contribution in [0.15, 0.2) is 34.5 Å². The van der Waals surface area contributed by atoms with Crippen molar-refractivity contribution in [1.82, 2.24) is 20.5 Å². The third-order valence-electron chi connectivity index (χ3n) is 6.23. The van der Waals surface area contributed by atoms with Crippen LogP contribution in [0.25, 0.3) is 0 Å². The smallest absolute Gasteiger partial charge is 0.317 e. The Bertz CT molecular complexity index is 914. The molecule has 6 nitrogen and oxygen atoms in total. The highest BCUT2D eigenvalue weighted by Gasteiger charge is 2.26. The Morgan fingerprint density at radius 1 is 1.09 bits per heavy atom. The molecular formula is C24H32N4O2S2. The first-order valence-electron chi connectivity index (χ1n) is 11.7. The number of aromatic nitrogens is 1. The van der Waals surface area contributed by atoms with Gasteiger partial charge in [-0.15, -0.1) is 22.7 Å². The van der Waals surface area contributed by atoms with Crippen molar-refractivity contribution in [3.8, 4) is 0 Å². The summed E-state index contributed by atoms with van der Waals surface area (Å²) in [5.41, 5.74) is 2.00. The molecule has 1 saturated heterocycles. The first kappa shape index (κ1) is 23.0. The van der Waals surface area contributed by atoms with Gasteiger partial charge < -0.3 is 15.5 Å². The number of piperidine rings is 1. The maximum absolute atomic E-state index is 12.5. The summed E-state index contributed by atoms with van der Waals surface area (Å²) in [6.45, 7) is 2.82. The lowest BCUT2D eigenvalue weighted by molar-refractivity contribution is 0.0949. The summed E-state index contributed by atoms with van der Waals surface area (Å²) in [4.78, 5) is 32.7. The van der Waals surface area contributed by atoms with E-state index in [1.807, 2.05) is 21.7 Å². The molecule has 8 heteroatoms. The molecule has 172 valence electrons. The van der Waals surface area contributed by atoms with E-state index in [9.17, 15) is 9.59 Å². The number of rotatable bonds is 8. The highest BCUT2D eigenvalue weighted by molar-refractivity contribution is 7.10.